The summed E-state index contributed by atoms with van der Waals surface area (Å²) >= 11 is 0. The number of piperidine rings is 1. The first-order valence-electron chi connectivity index (χ1n) is 9.64. The minimum Gasteiger partial charge on any atom is -0.379 e. The number of anilines is 2. The minimum atomic E-state index is 0.361. The molecule has 0 amide bonds. The molecule has 1 aliphatic rings. The maximum Gasteiger partial charge on any atom is 0.0678 e. The van der Waals surface area contributed by atoms with Gasteiger partial charge in [-0.25, -0.2) is 4.68 Å². The van der Waals surface area contributed by atoms with Crippen molar-refractivity contribution in [2.45, 2.75) is 32.4 Å². The number of nitrogens with zero attached hydrogens (tertiary/aromatic N) is 3. The highest BCUT2D eigenvalue weighted by atomic mass is 15.3. The number of hydrogen-bond acceptors (Lipinski definition) is 4. The van der Waals surface area contributed by atoms with Crippen LogP contribution in [-0.4, -0.2) is 28.9 Å². The second-order valence-corrected chi connectivity index (χ2v) is 7.25. The van der Waals surface area contributed by atoms with Crippen molar-refractivity contribution in [3.8, 4) is 5.69 Å². The maximum absolute atomic E-state index is 6.00. The van der Waals surface area contributed by atoms with Crippen molar-refractivity contribution in [2.75, 3.05) is 23.3 Å². The zero-order valence-electron chi connectivity index (χ0n) is 15.8. The maximum atomic E-state index is 6.00. The third-order valence-electron chi connectivity index (χ3n) is 5.31. The lowest BCUT2D eigenvalue weighted by Gasteiger charge is -2.32. The Morgan fingerprint density at radius 1 is 1.04 bits per heavy atom. The Bertz CT molecular complexity index is 876. The van der Waals surface area contributed by atoms with Gasteiger partial charge in [0, 0.05) is 36.7 Å². The van der Waals surface area contributed by atoms with Crippen molar-refractivity contribution < 1.29 is 0 Å². The second kappa shape index (κ2) is 7.84. The highest BCUT2D eigenvalue weighted by Crippen LogP contribution is 2.22. The van der Waals surface area contributed by atoms with E-state index in [2.05, 4.69) is 70.8 Å². The van der Waals surface area contributed by atoms with Gasteiger partial charge in [0.05, 0.1) is 17.9 Å². The number of aryl methyl sites for hydroxylation is 1. The molecule has 0 aliphatic carbocycles. The molecule has 1 fully saturated rings. The highest BCUT2D eigenvalue weighted by Gasteiger charge is 2.16. The first-order valence-corrected chi connectivity index (χ1v) is 9.64. The number of benzene rings is 2. The molecule has 1 aliphatic heterocycles. The fourth-order valence-corrected chi connectivity index (χ4v) is 3.62. The molecule has 140 valence electrons. The van der Waals surface area contributed by atoms with E-state index in [-0.39, 0.29) is 0 Å². The molecule has 0 unspecified atom stereocenters. The van der Waals surface area contributed by atoms with Crippen LogP contribution in [0.1, 0.15) is 24.1 Å². The Morgan fingerprint density at radius 3 is 2.52 bits per heavy atom. The van der Waals surface area contributed by atoms with Gasteiger partial charge in [-0.2, -0.15) is 5.10 Å². The summed E-state index contributed by atoms with van der Waals surface area (Å²) in [6, 6.07) is 19.4. The number of aromatic nitrogens is 2. The Labute approximate surface area is 160 Å². The normalized spacial score (nSPS) is 15.1. The van der Waals surface area contributed by atoms with Crippen LogP contribution in [0, 0.1) is 6.92 Å². The zero-order chi connectivity index (χ0) is 18.6. The van der Waals surface area contributed by atoms with Crippen LogP contribution < -0.4 is 16.0 Å². The lowest BCUT2D eigenvalue weighted by molar-refractivity contribution is 0.501. The molecule has 5 heteroatoms. The van der Waals surface area contributed by atoms with Gasteiger partial charge < -0.3 is 16.0 Å². The molecule has 0 atom stereocenters. The minimum absolute atomic E-state index is 0.361. The van der Waals surface area contributed by atoms with Crippen molar-refractivity contribution >= 4 is 11.4 Å². The summed E-state index contributed by atoms with van der Waals surface area (Å²) in [4.78, 5) is 2.42. The van der Waals surface area contributed by atoms with Crippen molar-refractivity contribution in [1.82, 2.24) is 9.78 Å². The summed E-state index contributed by atoms with van der Waals surface area (Å²) in [6.45, 7) is 4.93. The number of hydrogen-bond donors (Lipinski definition) is 2. The summed E-state index contributed by atoms with van der Waals surface area (Å²) in [7, 11) is 0. The van der Waals surface area contributed by atoms with Crippen molar-refractivity contribution in [2.24, 2.45) is 5.73 Å². The monoisotopic (exact) mass is 361 g/mol. The van der Waals surface area contributed by atoms with E-state index >= 15 is 0 Å². The average molecular weight is 361 g/mol. The van der Waals surface area contributed by atoms with Gasteiger partial charge in [0.25, 0.3) is 0 Å². The van der Waals surface area contributed by atoms with Gasteiger partial charge in [-0.3, -0.25) is 0 Å². The predicted molar refractivity (Wildman–Crippen MR) is 111 cm³/mol. The van der Waals surface area contributed by atoms with Crippen molar-refractivity contribution in [3.05, 3.63) is 72.1 Å². The lowest BCUT2D eigenvalue weighted by atomic mass is 10.1. The van der Waals surface area contributed by atoms with Crippen LogP contribution in [0.2, 0.25) is 0 Å². The smallest absolute Gasteiger partial charge is 0.0678 e. The lowest BCUT2D eigenvalue weighted by Crippen LogP contribution is -2.39. The van der Waals surface area contributed by atoms with E-state index in [9.17, 15) is 0 Å². The molecular weight excluding hydrogens is 334 g/mol. The molecule has 1 saturated heterocycles. The van der Waals surface area contributed by atoms with Gasteiger partial charge in [-0.1, -0.05) is 18.2 Å². The molecule has 3 N–H and O–H groups in total. The number of rotatable bonds is 5. The first-order chi connectivity index (χ1) is 13.2. The standard InChI is InChI=1S/C22H27N5/c1-17-4-2-3-5-22(17)27-21(10-13-25-27)16-24-19-6-8-20(9-7-19)26-14-11-18(23)12-15-26/h2-10,13,18,24H,11-12,14-16,23H2,1H3. The molecule has 3 aromatic rings. The fourth-order valence-electron chi connectivity index (χ4n) is 3.62. The first kappa shape index (κ1) is 17.6. The number of nitrogens with two attached hydrogens (primary N) is 1. The van der Waals surface area contributed by atoms with Crippen LogP contribution in [-0.2, 0) is 6.54 Å². The molecule has 0 saturated carbocycles. The van der Waals surface area contributed by atoms with Crippen LogP contribution in [0.5, 0.6) is 0 Å². The molecule has 1 aromatic heterocycles. The summed E-state index contributed by atoms with van der Waals surface area (Å²) in [5.74, 6) is 0. The fraction of sp³-hybridized carbons (Fsp3) is 0.318. The van der Waals surface area contributed by atoms with Gasteiger partial charge in [-0.05, 0) is 61.7 Å². The highest BCUT2D eigenvalue weighted by molar-refractivity contribution is 5.55. The Balaban J connectivity index is 1.41. The van der Waals surface area contributed by atoms with E-state index in [1.807, 2.05) is 16.9 Å². The van der Waals surface area contributed by atoms with Crippen molar-refractivity contribution in [1.29, 1.82) is 0 Å². The van der Waals surface area contributed by atoms with E-state index in [0.717, 1.165) is 49.5 Å². The van der Waals surface area contributed by atoms with E-state index in [1.54, 1.807) is 0 Å². The van der Waals surface area contributed by atoms with Crippen molar-refractivity contribution in [3.63, 3.8) is 0 Å². The van der Waals surface area contributed by atoms with E-state index in [1.165, 1.54) is 11.3 Å². The van der Waals surface area contributed by atoms with Crippen LogP contribution in [0.3, 0.4) is 0 Å². The van der Waals surface area contributed by atoms with Crippen LogP contribution in [0.25, 0.3) is 5.69 Å². The summed E-state index contributed by atoms with van der Waals surface area (Å²) < 4.78 is 2.01. The summed E-state index contributed by atoms with van der Waals surface area (Å²) in [5, 5.41) is 8.02. The summed E-state index contributed by atoms with van der Waals surface area (Å²) in [5.41, 5.74) is 11.9. The van der Waals surface area contributed by atoms with Gasteiger partial charge >= 0.3 is 0 Å². The van der Waals surface area contributed by atoms with Gasteiger partial charge in [0.1, 0.15) is 0 Å². The van der Waals surface area contributed by atoms with Crippen LogP contribution in [0.4, 0.5) is 11.4 Å². The molecule has 0 bridgehead atoms. The third kappa shape index (κ3) is 3.98. The van der Waals surface area contributed by atoms with Crippen LogP contribution in [0.15, 0.2) is 60.8 Å². The molecule has 5 nitrogen and oxygen atoms in total. The molecule has 2 aromatic carbocycles. The number of para-hydroxylation sites is 1. The summed E-state index contributed by atoms with van der Waals surface area (Å²) in [6.07, 6.45) is 4.00. The van der Waals surface area contributed by atoms with Gasteiger partial charge in [0.15, 0.2) is 0 Å². The molecule has 0 radical (unpaired) electrons. The molecule has 0 spiro atoms. The number of nitrogens with one attached hydrogen (secondary N) is 1. The largest absolute Gasteiger partial charge is 0.379 e. The quantitative estimate of drug-likeness (QED) is 0.727. The third-order valence-corrected chi connectivity index (χ3v) is 5.31. The molecule has 4 rings (SSSR count). The predicted octanol–water partition coefficient (Wildman–Crippen LogP) is 3.72. The van der Waals surface area contributed by atoms with E-state index in [0.29, 0.717) is 6.04 Å². The van der Waals surface area contributed by atoms with E-state index < -0.39 is 0 Å². The Morgan fingerprint density at radius 2 is 1.78 bits per heavy atom. The second-order valence-electron chi connectivity index (χ2n) is 7.25. The molecule has 27 heavy (non-hydrogen) atoms. The Kier molecular flexibility index (Phi) is 5.12. The zero-order valence-corrected chi connectivity index (χ0v) is 15.8. The van der Waals surface area contributed by atoms with Gasteiger partial charge in [0.2, 0.25) is 0 Å². The van der Waals surface area contributed by atoms with Crippen LogP contribution >= 0.6 is 0 Å². The average Bonchev–Trinajstić information content (AvgIpc) is 3.16. The topological polar surface area (TPSA) is 59.1 Å². The van der Waals surface area contributed by atoms with Gasteiger partial charge in [-0.15, -0.1) is 0 Å². The molecule has 2 heterocycles. The van der Waals surface area contributed by atoms with E-state index in [4.69, 9.17) is 5.73 Å². The SMILES string of the molecule is Cc1ccccc1-n1nccc1CNc1ccc(N2CCC(N)CC2)cc1. The molecular formula is C22H27N5. The Hall–Kier alpha value is -2.79.